The van der Waals surface area contributed by atoms with Crippen molar-refractivity contribution in [2.75, 3.05) is 5.32 Å². The van der Waals surface area contributed by atoms with Crippen LogP contribution in [-0.2, 0) is 12.8 Å². The Morgan fingerprint density at radius 2 is 2.09 bits per heavy atom. The number of rotatable bonds is 3. The van der Waals surface area contributed by atoms with Gasteiger partial charge in [-0.15, -0.1) is 11.3 Å². The molecule has 6 heteroatoms. The Kier molecular flexibility index (Phi) is 3.46. The van der Waals surface area contributed by atoms with Gasteiger partial charge in [-0.05, 0) is 38.3 Å². The monoisotopic (exact) mass is 324 g/mol. The minimum Gasteiger partial charge on any atom is -0.296 e. The predicted molar refractivity (Wildman–Crippen MR) is 90.4 cm³/mol. The third kappa shape index (κ3) is 2.55. The van der Waals surface area contributed by atoms with Crippen LogP contribution in [0.4, 0.5) is 5.13 Å². The van der Waals surface area contributed by atoms with E-state index in [1.54, 1.807) is 0 Å². The van der Waals surface area contributed by atoms with Crippen LogP contribution in [0.3, 0.4) is 0 Å². The predicted octanol–water partition coefficient (Wildman–Crippen LogP) is 3.38. The van der Waals surface area contributed by atoms with E-state index >= 15 is 0 Å². The molecule has 2 heterocycles. The smallest absolute Gasteiger partial charge is 0.278 e. The van der Waals surface area contributed by atoms with Gasteiger partial charge in [0.2, 0.25) is 0 Å². The number of nitrogens with zero attached hydrogens (tertiary/aromatic N) is 3. The molecule has 116 valence electrons. The van der Waals surface area contributed by atoms with Gasteiger partial charge >= 0.3 is 0 Å². The second-order valence-electron chi connectivity index (χ2n) is 5.62. The number of fused-ring (bicyclic) bond motifs is 1. The highest BCUT2D eigenvalue weighted by Crippen LogP contribution is 2.28. The number of aromatic nitrogens is 3. The first-order valence-electron chi connectivity index (χ1n) is 7.62. The summed E-state index contributed by atoms with van der Waals surface area (Å²) in [5.74, 6) is -0.174. The lowest BCUT2D eigenvalue weighted by molar-refractivity contribution is 0.102. The molecular weight excluding hydrogens is 308 g/mol. The van der Waals surface area contributed by atoms with E-state index in [1.807, 2.05) is 47.3 Å². The standard InChI is InChI=1S/C17H16N4OS/c1-11-10-23-17(18-11)19-16(22)15-13-8-5-9-14(13)21(20-15)12-6-3-2-4-7-12/h2-4,6-7,10H,5,8-9H2,1H3,(H,18,19,22). The molecule has 0 aliphatic heterocycles. The topological polar surface area (TPSA) is 59.8 Å². The molecule has 1 aliphatic carbocycles. The molecule has 0 atom stereocenters. The fourth-order valence-corrected chi connectivity index (χ4v) is 3.65. The van der Waals surface area contributed by atoms with Crippen LogP contribution in [-0.4, -0.2) is 20.7 Å². The zero-order valence-corrected chi connectivity index (χ0v) is 13.6. The summed E-state index contributed by atoms with van der Waals surface area (Å²) in [5.41, 5.74) is 4.64. The fraction of sp³-hybridized carbons (Fsp3) is 0.235. The van der Waals surface area contributed by atoms with E-state index in [1.165, 1.54) is 11.3 Å². The highest BCUT2D eigenvalue weighted by Gasteiger charge is 2.27. The summed E-state index contributed by atoms with van der Waals surface area (Å²) in [6.45, 7) is 1.91. The van der Waals surface area contributed by atoms with Crippen molar-refractivity contribution in [1.82, 2.24) is 14.8 Å². The third-order valence-electron chi connectivity index (χ3n) is 3.99. The van der Waals surface area contributed by atoms with E-state index in [0.29, 0.717) is 10.8 Å². The molecule has 0 unspecified atom stereocenters. The molecule has 1 aliphatic rings. The van der Waals surface area contributed by atoms with Crippen molar-refractivity contribution in [3.63, 3.8) is 0 Å². The molecule has 0 radical (unpaired) electrons. The molecule has 2 aromatic heterocycles. The maximum atomic E-state index is 12.6. The highest BCUT2D eigenvalue weighted by molar-refractivity contribution is 7.13. The Morgan fingerprint density at radius 3 is 2.83 bits per heavy atom. The molecule has 1 N–H and O–H groups in total. The summed E-state index contributed by atoms with van der Waals surface area (Å²) in [4.78, 5) is 16.9. The van der Waals surface area contributed by atoms with E-state index < -0.39 is 0 Å². The number of carbonyl (C=O) groups excluding carboxylic acids is 1. The lowest BCUT2D eigenvalue weighted by Crippen LogP contribution is -2.14. The van der Waals surface area contributed by atoms with Gasteiger partial charge in [-0.2, -0.15) is 5.10 Å². The van der Waals surface area contributed by atoms with E-state index in [-0.39, 0.29) is 5.91 Å². The average molecular weight is 324 g/mol. The summed E-state index contributed by atoms with van der Waals surface area (Å²) in [6.07, 6.45) is 2.93. The lowest BCUT2D eigenvalue weighted by Gasteiger charge is -2.04. The highest BCUT2D eigenvalue weighted by atomic mass is 32.1. The number of nitrogens with one attached hydrogen (secondary N) is 1. The second-order valence-corrected chi connectivity index (χ2v) is 6.48. The number of thiazole rings is 1. The van der Waals surface area contributed by atoms with Gasteiger partial charge in [0.25, 0.3) is 5.91 Å². The maximum absolute atomic E-state index is 12.6. The zero-order chi connectivity index (χ0) is 15.8. The molecule has 5 nitrogen and oxygen atoms in total. The number of benzene rings is 1. The fourth-order valence-electron chi connectivity index (χ4n) is 2.97. The van der Waals surface area contributed by atoms with Crippen molar-refractivity contribution in [3.05, 3.63) is 58.4 Å². The number of hydrogen-bond acceptors (Lipinski definition) is 4. The van der Waals surface area contributed by atoms with Gasteiger partial charge in [0.1, 0.15) is 0 Å². The van der Waals surface area contributed by atoms with Gasteiger partial charge in [-0.1, -0.05) is 18.2 Å². The van der Waals surface area contributed by atoms with Crippen LogP contribution < -0.4 is 5.32 Å². The van der Waals surface area contributed by atoms with Crippen molar-refractivity contribution < 1.29 is 4.79 Å². The minimum absolute atomic E-state index is 0.174. The van der Waals surface area contributed by atoms with Gasteiger partial charge in [0, 0.05) is 16.6 Å². The van der Waals surface area contributed by atoms with Gasteiger partial charge in [0.15, 0.2) is 10.8 Å². The first-order valence-corrected chi connectivity index (χ1v) is 8.50. The largest absolute Gasteiger partial charge is 0.296 e. The molecule has 3 aromatic rings. The number of para-hydroxylation sites is 1. The number of carbonyl (C=O) groups is 1. The Bertz CT molecular complexity index is 866. The summed E-state index contributed by atoms with van der Waals surface area (Å²) in [7, 11) is 0. The normalized spacial score (nSPS) is 13.1. The lowest BCUT2D eigenvalue weighted by atomic mass is 10.2. The van der Waals surface area contributed by atoms with Crippen molar-refractivity contribution in [1.29, 1.82) is 0 Å². The summed E-state index contributed by atoms with van der Waals surface area (Å²) >= 11 is 1.43. The van der Waals surface area contributed by atoms with Gasteiger partial charge < -0.3 is 0 Å². The molecule has 0 bridgehead atoms. The van der Waals surface area contributed by atoms with Crippen LogP contribution in [0.1, 0.15) is 33.9 Å². The second kappa shape index (κ2) is 5.62. The number of aryl methyl sites for hydroxylation is 1. The van der Waals surface area contributed by atoms with Gasteiger partial charge in [0.05, 0.1) is 11.4 Å². The molecular formula is C17H16N4OS. The molecule has 1 aromatic carbocycles. The van der Waals surface area contributed by atoms with E-state index in [0.717, 1.165) is 41.9 Å². The zero-order valence-electron chi connectivity index (χ0n) is 12.7. The van der Waals surface area contributed by atoms with Crippen LogP contribution in [0.25, 0.3) is 5.69 Å². The molecule has 0 spiro atoms. The Hall–Kier alpha value is -2.47. The van der Waals surface area contributed by atoms with Crippen LogP contribution in [0, 0.1) is 6.92 Å². The first kappa shape index (κ1) is 14.1. The number of anilines is 1. The van der Waals surface area contributed by atoms with Crippen molar-refractivity contribution in [3.8, 4) is 5.69 Å². The van der Waals surface area contributed by atoms with Crippen LogP contribution in [0.15, 0.2) is 35.7 Å². The van der Waals surface area contributed by atoms with E-state index in [4.69, 9.17) is 0 Å². The van der Waals surface area contributed by atoms with Gasteiger partial charge in [-0.25, -0.2) is 9.67 Å². The molecule has 0 saturated carbocycles. The van der Waals surface area contributed by atoms with E-state index in [9.17, 15) is 4.79 Å². The van der Waals surface area contributed by atoms with Crippen molar-refractivity contribution in [2.45, 2.75) is 26.2 Å². The molecule has 0 fully saturated rings. The quantitative estimate of drug-likeness (QED) is 0.803. The van der Waals surface area contributed by atoms with Crippen LogP contribution in [0.5, 0.6) is 0 Å². The van der Waals surface area contributed by atoms with E-state index in [2.05, 4.69) is 15.4 Å². The summed E-state index contributed by atoms with van der Waals surface area (Å²) in [5, 5.41) is 9.99. The summed E-state index contributed by atoms with van der Waals surface area (Å²) in [6, 6.07) is 9.97. The van der Waals surface area contributed by atoms with Crippen LogP contribution >= 0.6 is 11.3 Å². The number of hydrogen-bond donors (Lipinski definition) is 1. The molecule has 0 saturated heterocycles. The maximum Gasteiger partial charge on any atom is 0.278 e. The minimum atomic E-state index is -0.174. The Balaban J connectivity index is 1.71. The van der Waals surface area contributed by atoms with Gasteiger partial charge in [-0.3, -0.25) is 10.1 Å². The molecule has 4 rings (SSSR count). The molecule has 23 heavy (non-hydrogen) atoms. The van der Waals surface area contributed by atoms with Crippen molar-refractivity contribution >= 4 is 22.4 Å². The summed E-state index contributed by atoms with van der Waals surface area (Å²) < 4.78 is 1.91. The third-order valence-corrected chi connectivity index (χ3v) is 4.86. The van der Waals surface area contributed by atoms with Crippen molar-refractivity contribution in [2.24, 2.45) is 0 Å². The Morgan fingerprint density at radius 1 is 1.26 bits per heavy atom. The van der Waals surface area contributed by atoms with Crippen LogP contribution in [0.2, 0.25) is 0 Å². The Labute approximate surface area is 138 Å². The number of amides is 1. The SMILES string of the molecule is Cc1csc(NC(=O)c2nn(-c3ccccc3)c3c2CCC3)n1. The average Bonchev–Trinajstić information content (AvgIpc) is 3.24. The molecule has 1 amide bonds. The first-order chi connectivity index (χ1) is 11.2.